The maximum Gasteiger partial charge on any atom is 0.226 e. The topological polar surface area (TPSA) is 42.7 Å². The Morgan fingerprint density at radius 2 is 2.04 bits per heavy atom. The number of likely N-dealkylation sites (tertiary alicyclic amines) is 1. The normalized spacial score (nSPS) is 26.1. The second-order valence-electron chi connectivity index (χ2n) is 7.10. The van der Waals surface area contributed by atoms with Crippen LogP contribution in [0, 0.1) is 5.92 Å². The van der Waals surface area contributed by atoms with E-state index in [1.54, 1.807) is 13.4 Å². The highest BCUT2D eigenvalue weighted by atomic mass is 16.5. The molecule has 2 aromatic rings. The second-order valence-corrected chi connectivity index (χ2v) is 7.10. The first-order valence-electron chi connectivity index (χ1n) is 9.26. The van der Waals surface area contributed by atoms with Gasteiger partial charge in [0.2, 0.25) is 5.91 Å². The van der Waals surface area contributed by atoms with Crippen LogP contribution in [0.25, 0.3) is 0 Å². The van der Waals surface area contributed by atoms with Crippen molar-refractivity contribution in [1.82, 2.24) is 4.90 Å². The number of rotatable bonds is 4. The number of nitrogens with zero attached hydrogens (tertiary/aromatic N) is 1. The van der Waals surface area contributed by atoms with Crippen molar-refractivity contribution in [2.45, 2.75) is 44.1 Å². The molecule has 132 valence electrons. The maximum atomic E-state index is 13.2. The molecule has 0 unspecified atom stereocenters. The van der Waals surface area contributed by atoms with Crippen molar-refractivity contribution in [2.24, 2.45) is 5.92 Å². The van der Waals surface area contributed by atoms with E-state index in [1.165, 1.54) is 6.42 Å². The number of hydrogen-bond acceptors (Lipinski definition) is 3. The molecule has 0 N–H and O–H groups in total. The molecule has 1 aliphatic carbocycles. The minimum atomic E-state index is 0.0758. The van der Waals surface area contributed by atoms with Gasteiger partial charge in [-0.3, -0.25) is 4.79 Å². The Balaban J connectivity index is 1.53. The Kier molecular flexibility index (Phi) is 4.51. The Bertz CT molecular complexity index is 725. The van der Waals surface area contributed by atoms with Gasteiger partial charge in [-0.2, -0.15) is 0 Å². The molecule has 1 amide bonds. The van der Waals surface area contributed by atoms with Gasteiger partial charge < -0.3 is 14.1 Å². The van der Waals surface area contributed by atoms with Gasteiger partial charge in [-0.05, 0) is 48.9 Å². The summed E-state index contributed by atoms with van der Waals surface area (Å²) in [5.41, 5.74) is 1.16. The molecule has 4 heteroatoms. The molecule has 1 aromatic carbocycles. The van der Waals surface area contributed by atoms with Gasteiger partial charge in [0, 0.05) is 12.5 Å². The van der Waals surface area contributed by atoms with Crippen LogP contribution in [0.15, 0.2) is 47.1 Å². The molecule has 1 saturated carbocycles. The largest absolute Gasteiger partial charge is 0.496 e. The molecule has 0 bridgehead atoms. The van der Waals surface area contributed by atoms with Gasteiger partial charge in [-0.25, -0.2) is 0 Å². The lowest BCUT2D eigenvalue weighted by molar-refractivity contribution is -0.135. The monoisotopic (exact) mass is 339 g/mol. The van der Waals surface area contributed by atoms with E-state index >= 15 is 0 Å². The lowest BCUT2D eigenvalue weighted by Gasteiger charge is -2.29. The van der Waals surface area contributed by atoms with Gasteiger partial charge >= 0.3 is 0 Å². The van der Waals surface area contributed by atoms with Crippen LogP contribution in [0.4, 0.5) is 0 Å². The summed E-state index contributed by atoms with van der Waals surface area (Å²) in [4.78, 5) is 15.3. The van der Waals surface area contributed by atoms with E-state index in [1.807, 2.05) is 30.3 Å². The smallest absolute Gasteiger partial charge is 0.226 e. The molecular weight excluding hydrogens is 314 g/mol. The summed E-state index contributed by atoms with van der Waals surface area (Å²) in [5.74, 6) is 2.45. The molecule has 4 nitrogen and oxygen atoms in total. The van der Waals surface area contributed by atoms with Crippen molar-refractivity contribution >= 4 is 5.91 Å². The average Bonchev–Trinajstić information content (AvgIpc) is 3.34. The first-order chi connectivity index (χ1) is 12.3. The van der Waals surface area contributed by atoms with Crippen LogP contribution >= 0.6 is 0 Å². The third kappa shape index (κ3) is 3.17. The average molecular weight is 339 g/mol. The van der Waals surface area contributed by atoms with Gasteiger partial charge in [0.15, 0.2) is 0 Å². The fourth-order valence-corrected chi connectivity index (χ4v) is 4.15. The molecule has 0 radical (unpaired) electrons. The number of amides is 1. The van der Waals surface area contributed by atoms with Crippen LogP contribution < -0.4 is 4.74 Å². The number of carbonyl (C=O) groups is 1. The predicted molar refractivity (Wildman–Crippen MR) is 95.5 cm³/mol. The summed E-state index contributed by atoms with van der Waals surface area (Å²) < 4.78 is 11.1. The molecule has 2 aliphatic rings. The van der Waals surface area contributed by atoms with Crippen LogP contribution in [0.5, 0.6) is 5.75 Å². The summed E-state index contributed by atoms with van der Waals surface area (Å²) in [5, 5.41) is 0. The molecular formula is C21H25NO3. The van der Waals surface area contributed by atoms with E-state index in [2.05, 4.69) is 11.0 Å². The molecule has 2 fully saturated rings. The minimum Gasteiger partial charge on any atom is -0.496 e. The lowest BCUT2D eigenvalue weighted by atomic mass is 10.1. The van der Waals surface area contributed by atoms with Gasteiger partial charge in [0.1, 0.15) is 11.5 Å². The van der Waals surface area contributed by atoms with Crippen molar-refractivity contribution in [3.63, 3.8) is 0 Å². The molecule has 1 saturated heterocycles. The van der Waals surface area contributed by atoms with Crippen molar-refractivity contribution in [3.05, 3.63) is 54.0 Å². The van der Waals surface area contributed by atoms with Crippen LogP contribution in [0.1, 0.15) is 55.4 Å². The fourth-order valence-electron chi connectivity index (χ4n) is 4.15. The summed E-state index contributed by atoms with van der Waals surface area (Å²) >= 11 is 0. The first kappa shape index (κ1) is 16.2. The molecule has 3 atom stereocenters. The Labute approximate surface area is 148 Å². The fraction of sp³-hybridized carbons (Fsp3) is 0.476. The van der Waals surface area contributed by atoms with Crippen molar-refractivity contribution < 1.29 is 13.9 Å². The van der Waals surface area contributed by atoms with Crippen molar-refractivity contribution in [3.8, 4) is 5.75 Å². The van der Waals surface area contributed by atoms with Crippen LogP contribution in [0.3, 0.4) is 0 Å². The first-order valence-corrected chi connectivity index (χ1v) is 9.26. The van der Waals surface area contributed by atoms with E-state index in [-0.39, 0.29) is 23.8 Å². The quantitative estimate of drug-likeness (QED) is 0.821. The van der Waals surface area contributed by atoms with Crippen molar-refractivity contribution in [1.29, 1.82) is 0 Å². The van der Waals surface area contributed by atoms with E-state index in [0.717, 1.165) is 49.3 Å². The van der Waals surface area contributed by atoms with Crippen molar-refractivity contribution in [2.75, 3.05) is 13.7 Å². The Hall–Kier alpha value is -2.23. The third-order valence-corrected chi connectivity index (χ3v) is 5.55. The van der Waals surface area contributed by atoms with Gasteiger partial charge in [-0.1, -0.05) is 31.0 Å². The van der Waals surface area contributed by atoms with E-state index in [9.17, 15) is 4.79 Å². The Morgan fingerprint density at radius 3 is 2.84 bits per heavy atom. The highest BCUT2D eigenvalue weighted by Gasteiger charge is 2.48. The summed E-state index contributed by atoms with van der Waals surface area (Å²) in [6.07, 6.45) is 7.02. The maximum absolute atomic E-state index is 13.2. The van der Waals surface area contributed by atoms with E-state index < -0.39 is 0 Å². The molecule has 1 aliphatic heterocycles. The molecule has 25 heavy (non-hydrogen) atoms. The number of benzene rings is 1. The Morgan fingerprint density at radius 1 is 1.16 bits per heavy atom. The molecule has 4 rings (SSSR count). The minimum absolute atomic E-state index is 0.0758. The van der Waals surface area contributed by atoms with Gasteiger partial charge in [0.05, 0.1) is 19.4 Å². The lowest BCUT2D eigenvalue weighted by Crippen LogP contribution is -2.36. The number of ether oxygens (including phenoxy) is 1. The standard InChI is InChI=1S/C21H25NO3/c1-24-19-10-5-4-8-15(19)16-14-17(16)21(23)22-12-6-2-3-9-18(22)20-11-7-13-25-20/h4-5,7-8,10-11,13,16-18H,2-3,6,9,12,14H2,1H3/t16-,17-,18+/m0/s1. The zero-order valence-corrected chi connectivity index (χ0v) is 14.7. The summed E-state index contributed by atoms with van der Waals surface area (Å²) in [7, 11) is 1.69. The SMILES string of the molecule is COc1ccccc1[C@@H]1C[C@@H]1C(=O)N1CCCCC[C@@H]1c1ccco1. The van der Waals surface area contributed by atoms with E-state index in [4.69, 9.17) is 9.15 Å². The van der Waals surface area contributed by atoms with Gasteiger partial charge in [-0.15, -0.1) is 0 Å². The molecule has 1 aromatic heterocycles. The highest BCUT2D eigenvalue weighted by molar-refractivity contribution is 5.83. The summed E-state index contributed by atoms with van der Waals surface area (Å²) in [6.45, 7) is 0.833. The number of hydrogen-bond donors (Lipinski definition) is 0. The number of para-hydroxylation sites is 1. The highest BCUT2D eigenvalue weighted by Crippen LogP contribution is 2.52. The zero-order chi connectivity index (χ0) is 17.2. The summed E-state index contributed by atoms with van der Waals surface area (Å²) in [6, 6.07) is 12.1. The predicted octanol–water partition coefficient (Wildman–Crippen LogP) is 4.54. The third-order valence-electron chi connectivity index (χ3n) is 5.55. The number of methoxy groups -OCH3 is 1. The molecule has 0 spiro atoms. The number of carbonyl (C=O) groups excluding carboxylic acids is 1. The van der Waals surface area contributed by atoms with Crippen LogP contribution in [-0.4, -0.2) is 24.5 Å². The van der Waals surface area contributed by atoms with E-state index in [0.29, 0.717) is 0 Å². The van der Waals surface area contributed by atoms with Gasteiger partial charge in [0.25, 0.3) is 0 Å². The van der Waals surface area contributed by atoms with Crippen LogP contribution in [0.2, 0.25) is 0 Å². The molecule has 2 heterocycles. The zero-order valence-electron chi connectivity index (χ0n) is 14.7. The number of furan rings is 1. The second kappa shape index (κ2) is 6.95. The van der Waals surface area contributed by atoms with Crippen LogP contribution in [-0.2, 0) is 4.79 Å².